The molecule has 0 bridgehead atoms. The second-order valence-corrected chi connectivity index (χ2v) is 10.4. The summed E-state index contributed by atoms with van der Waals surface area (Å²) in [4.78, 5) is 34.1. The minimum absolute atomic E-state index is 0.0367. The maximum absolute atomic E-state index is 12.9. The highest BCUT2D eigenvalue weighted by Crippen LogP contribution is 2.28. The molecule has 1 fully saturated rings. The van der Waals surface area contributed by atoms with Gasteiger partial charge in [-0.05, 0) is 45.0 Å². The Morgan fingerprint density at radius 3 is 2.76 bits per heavy atom. The number of nitrogens with one attached hydrogen (secondary N) is 1. The molecule has 1 N–H and O–H groups in total. The Balaban J connectivity index is 1.21. The Labute approximate surface area is 223 Å². The van der Waals surface area contributed by atoms with Gasteiger partial charge in [0.1, 0.15) is 5.82 Å². The second kappa shape index (κ2) is 12.6. The fourth-order valence-electron chi connectivity index (χ4n) is 3.71. The number of likely N-dealkylation sites (tertiary alicyclic amines) is 1. The molecular weight excluding hydrogens is 510 g/mol. The predicted molar refractivity (Wildman–Crippen MR) is 148 cm³/mol. The fourth-order valence-corrected chi connectivity index (χ4v) is 5.34. The van der Waals surface area contributed by atoms with Gasteiger partial charge < -0.3 is 19.6 Å². The van der Waals surface area contributed by atoms with E-state index in [-0.39, 0.29) is 12.5 Å². The Kier molecular flexibility index (Phi) is 9.07. The summed E-state index contributed by atoms with van der Waals surface area (Å²) in [6, 6.07) is 5.43. The first-order valence-electron chi connectivity index (χ1n) is 11.7. The molecule has 4 rings (SSSR count). The molecule has 0 aliphatic carbocycles. The van der Waals surface area contributed by atoms with Crippen molar-refractivity contribution in [3.63, 3.8) is 0 Å². The molecular formula is C25H29N7O3S2. The van der Waals surface area contributed by atoms with Crippen LogP contribution in [0.4, 0.5) is 5.82 Å². The van der Waals surface area contributed by atoms with E-state index in [9.17, 15) is 4.79 Å². The molecule has 0 aromatic carbocycles. The van der Waals surface area contributed by atoms with Gasteiger partial charge in [0.2, 0.25) is 0 Å². The number of aromatic nitrogens is 3. The number of carbonyl (C=O) groups excluding carboxylic acids is 1. The molecule has 1 aliphatic rings. The van der Waals surface area contributed by atoms with Crippen molar-refractivity contribution < 1.29 is 14.2 Å². The average molecular weight is 540 g/mol. The lowest BCUT2D eigenvalue weighted by Gasteiger charge is -2.27. The number of amides is 1. The number of hydrogen-bond acceptors (Lipinski definition) is 11. The van der Waals surface area contributed by atoms with Gasteiger partial charge in [-0.15, -0.1) is 23.1 Å². The van der Waals surface area contributed by atoms with Crippen molar-refractivity contribution in [1.29, 1.82) is 0 Å². The molecule has 0 unspecified atom stereocenters. The highest BCUT2D eigenvalue weighted by atomic mass is 32.2. The maximum atomic E-state index is 12.9. The van der Waals surface area contributed by atoms with Crippen LogP contribution in [0, 0.1) is 20.8 Å². The minimum Gasteiger partial charge on any atom is -0.388 e. The van der Waals surface area contributed by atoms with Crippen LogP contribution in [0.15, 0.2) is 44.5 Å². The lowest BCUT2D eigenvalue weighted by atomic mass is 10.1. The van der Waals surface area contributed by atoms with E-state index in [1.54, 1.807) is 35.4 Å². The van der Waals surface area contributed by atoms with Crippen molar-refractivity contribution in [2.75, 3.05) is 24.3 Å². The van der Waals surface area contributed by atoms with Crippen molar-refractivity contribution in [3.05, 3.63) is 62.4 Å². The number of rotatable bonds is 10. The largest absolute Gasteiger partial charge is 0.388 e. The van der Waals surface area contributed by atoms with E-state index in [1.807, 2.05) is 43.2 Å². The lowest BCUT2D eigenvalue weighted by Crippen LogP contribution is -2.38. The molecule has 1 amide bonds. The monoisotopic (exact) mass is 539 g/mol. The topological polar surface area (TPSA) is 118 Å². The number of pyridine rings is 1. The van der Waals surface area contributed by atoms with E-state index in [0.29, 0.717) is 48.9 Å². The van der Waals surface area contributed by atoms with Gasteiger partial charge in [-0.1, -0.05) is 10.3 Å². The van der Waals surface area contributed by atoms with E-state index in [1.165, 1.54) is 0 Å². The summed E-state index contributed by atoms with van der Waals surface area (Å²) in [5.74, 6) is 1.89. The van der Waals surface area contributed by atoms with Crippen LogP contribution >= 0.6 is 23.1 Å². The summed E-state index contributed by atoms with van der Waals surface area (Å²) in [6.45, 7) is 10.9. The Bertz CT molecular complexity index is 1290. The molecule has 3 aromatic rings. The molecule has 12 heteroatoms. The number of anilines is 1. The average Bonchev–Trinajstić information content (AvgIpc) is 3.48. The van der Waals surface area contributed by atoms with Crippen LogP contribution in [-0.2, 0) is 11.4 Å². The van der Waals surface area contributed by atoms with Crippen molar-refractivity contribution in [3.8, 4) is 0 Å². The van der Waals surface area contributed by atoms with Crippen molar-refractivity contribution in [1.82, 2.24) is 20.0 Å². The van der Waals surface area contributed by atoms with Crippen molar-refractivity contribution >= 4 is 52.9 Å². The number of hydrogen-bond donors (Lipinski definition) is 1. The molecule has 4 heterocycles. The number of nitrogens with zero attached hydrogens (tertiary/aromatic N) is 6. The van der Waals surface area contributed by atoms with Gasteiger partial charge in [0.25, 0.3) is 5.91 Å². The normalized spacial score (nSPS) is 14.0. The van der Waals surface area contributed by atoms with Gasteiger partial charge in [0, 0.05) is 38.2 Å². The summed E-state index contributed by atoms with van der Waals surface area (Å²) in [6.07, 6.45) is 2.94. The molecule has 0 radical (unpaired) electrons. The van der Waals surface area contributed by atoms with Crippen molar-refractivity contribution in [2.45, 2.75) is 40.2 Å². The van der Waals surface area contributed by atoms with Gasteiger partial charge in [-0.2, -0.15) is 0 Å². The third-order valence-electron chi connectivity index (χ3n) is 5.55. The summed E-state index contributed by atoms with van der Waals surface area (Å²) in [7, 11) is 0. The van der Waals surface area contributed by atoms with Crippen LogP contribution in [0.2, 0.25) is 0 Å². The smallest absolute Gasteiger partial charge is 0.255 e. The van der Waals surface area contributed by atoms with Crippen LogP contribution in [-0.4, -0.2) is 57.3 Å². The van der Waals surface area contributed by atoms with Gasteiger partial charge >= 0.3 is 0 Å². The van der Waals surface area contributed by atoms with Gasteiger partial charge in [0.05, 0.1) is 44.1 Å². The summed E-state index contributed by atoms with van der Waals surface area (Å²) in [5, 5.41) is 14.2. The summed E-state index contributed by atoms with van der Waals surface area (Å²) < 4.78 is 5.10. The molecule has 10 nitrogen and oxygen atoms in total. The number of piperidine rings is 1. The SMILES string of the molecule is C=N/C(=C\SCNc1ccc(C(=O)N2CCC(=NOCc3cc(C)no3)CC2)cn1)c1sc(C)nc1C. The molecule has 0 saturated carbocycles. The van der Waals surface area contributed by atoms with E-state index in [4.69, 9.17) is 9.36 Å². The number of thiazole rings is 1. The molecule has 3 aromatic heterocycles. The quantitative estimate of drug-likeness (QED) is 0.164. The summed E-state index contributed by atoms with van der Waals surface area (Å²) >= 11 is 3.17. The zero-order chi connectivity index (χ0) is 26.2. The predicted octanol–water partition coefficient (Wildman–Crippen LogP) is 5.06. The van der Waals surface area contributed by atoms with Crippen LogP contribution in [0.1, 0.15) is 50.2 Å². The van der Waals surface area contributed by atoms with Crippen LogP contribution in [0.25, 0.3) is 5.70 Å². The van der Waals surface area contributed by atoms with Gasteiger partial charge in [0.15, 0.2) is 12.4 Å². The molecule has 1 saturated heterocycles. The van der Waals surface area contributed by atoms with E-state index in [0.717, 1.165) is 32.7 Å². The molecule has 0 spiro atoms. The van der Waals surface area contributed by atoms with Crippen molar-refractivity contribution in [2.24, 2.45) is 10.1 Å². The second-order valence-electron chi connectivity index (χ2n) is 8.39. The van der Waals surface area contributed by atoms with Gasteiger partial charge in [-0.3, -0.25) is 9.79 Å². The van der Waals surface area contributed by atoms with Crippen LogP contribution in [0.5, 0.6) is 0 Å². The minimum atomic E-state index is -0.0367. The first-order chi connectivity index (χ1) is 17.9. The standard InChI is InChI=1S/C25H29N7O3S2/c1-16-11-21(35-30-16)13-34-31-20-7-9-32(10-8-20)25(33)19-5-6-23(27-12-19)28-15-36-14-22(26-4)24-17(2)29-18(3)37-24/h5-6,11-12,14H,4,7-10,13,15H2,1-3H3,(H,27,28)/b22-14-. The maximum Gasteiger partial charge on any atom is 0.255 e. The number of aryl methyl sites for hydroxylation is 3. The number of oxime groups is 1. The number of thioether (sulfide) groups is 1. The Morgan fingerprint density at radius 2 is 2.14 bits per heavy atom. The number of aliphatic imine (C=N–C) groups is 1. The Morgan fingerprint density at radius 1 is 1.32 bits per heavy atom. The first-order valence-corrected chi connectivity index (χ1v) is 13.6. The van der Waals surface area contributed by atoms with Gasteiger partial charge in [-0.25, -0.2) is 9.97 Å². The van der Waals surface area contributed by atoms with Crippen LogP contribution < -0.4 is 5.32 Å². The first kappa shape index (κ1) is 26.6. The third-order valence-corrected chi connectivity index (χ3v) is 7.35. The fraction of sp³-hybridized carbons (Fsp3) is 0.360. The molecule has 194 valence electrons. The highest BCUT2D eigenvalue weighted by Gasteiger charge is 2.22. The lowest BCUT2D eigenvalue weighted by molar-refractivity contribution is 0.0746. The zero-order valence-corrected chi connectivity index (χ0v) is 22.7. The van der Waals surface area contributed by atoms with E-state index >= 15 is 0 Å². The molecule has 1 aliphatic heterocycles. The van der Waals surface area contributed by atoms with Crippen LogP contribution in [0.3, 0.4) is 0 Å². The zero-order valence-electron chi connectivity index (χ0n) is 21.1. The summed E-state index contributed by atoms with van der Waals surface area (Å²) in [5.41, 5.74) is 4.07. The highest BCUT2D eigenvalue weighted by molar-refractivity contribution is 8.02. The van der Waals surface area contributed by atoms with E-state index in [2.05, 4.69) is 37.3 Å². The number of carbonyl (C=O) groups is 1. The third kappa shape index (κ3) is 7.26. The Hall–Kier alpha value is -3.51. The molecule has 0 atom stereocenters. The van der Waals surface area contributed by atoms with E-state index < -0.39 is 0 Å². The molecule has 37 heavy (non-hydrogen) atoms.